The Kier molecular flexibility index (Phi) is 6.39. The third-order valence-electron chi connectivity index (χ3n) is 3.50. The zero-order valence-corrected chi connectivity index (χ0v) is 12.7. The van der Waals surface area contributed by atoms with Gasteiger partial charge in [0.05, 0.1) is 18.8 Å². The van der Waals surface area contributed by atoms with E-state index >= 15 is 0 Å². The van der Waals surface area contributed by atoms with Crippen molar-refractivity contribution >= 4 is 5.69 Å². The second-order valence-electron chi connectivity index (χ2n) is 5.47. The van der Waals surface area contributed by atoms with Crippen LogP contribution in [0.3, 0.4) is 0 Å². The van der Waals surface area contributed by atoms with Crippen LogP contribution in [0.15, 0.2) is 18.2 Å². The Hall–Kier alpha value is -1.17. The zero-order valence-electron chi connectivity index (χ0n) is 12.7. The number of nitrogens with zero attached hydrogens (tertiary/aromatic N) is 1. The number of rotatable bonds is 8. The molecule has 0 heterocycles. The van der Waals surface area contributed by atoms with Gasteiger partial charge >= 0.3 is 0 Å². The SMILES string of the molecule is COCCNCc1cc(F)ccc1N(C)C(C)(C)CO. The summed E-state index contributed by atoms with van der Waals surface area (Å²) in [4.78, 5) is 1.97. The molecule has 1 aromatic rings. The van der Waals surface area contributed by atoms with Crippen LogP contribution < -0.4 is 10.2 Å². The minimum absolute atomic E-state index is 0.0252. The Labute approximate surface area is 120 Å². The van der Waals surface area contributed by atoms with Gasteiger partial charge in [-0.3, -0.25) is 0 Å². The van der Waals surface area contributed by atoms with E-state index in [0.29, 0.717) is 19.7 Å². The lowest BCUT2D eigenvalue weighted by Gasteiger charge is -2.37. The number of hydrogen-bond donors (Lipinski definition) is 2. The topological polar surface area (TPSA) is 44.7 Å². The molecule has 0 atom stereocenters. The van der Waals surface area contributed by atoms with E-state index in [2.05, 4.69) is 5.32 Å². The highest BCUT2D eigenvalue weighted by atomic mass is 19.1. The number of benzene rings is 1. The molecular weight excluding hydrogens is 259 g/mol. The van der Waals surface area contributed by atoms with Gasteiger partial charge in [-0.1, -0.05) is 0 Å². The summed E-state index contributed by atoms with van der Waals surface area (Å²) in [5, 5.41) is 12.7. The van der Waals surface area contributed by atoms with Gasteiger partial charge in [-0.15, -0.1) is 0 Å². The van der Waals surface area contributed by atoms with E-state index in [4.69, 9.17) is 4.74 Å². The van der Waals surface area contributed by atoms with Crippen LogP contribution in [0.4, 0.5) is 10.1 Å². The third kappa shape index (κ3) is 4.44. The molecule has 0 spiro atoms. The molecule has 20 heavy (non-hydrogen) atoms. The molecule has 0 saturated heterocycles. The second-order valence-corrected chi connectivity index (χ2v) is 5.47. The van der Waals surface area contributed by atoms with Gasteiger partial charge in [-0.05, 0) is 37.6 Å². The maximum Gasteiger partial charge on any atom is 0.123 e. The maximum atomic E-state index is 13.4. The van der Waals surface area contributed by atoms with Crippen molar-refractivity contribution in [2.45, 2.75) is 25.9 Å². The summed E-state index contributed by atoms with van der Waals surface area (Å²) in [5.41, 5.74) is 1.37. The van der Waals surface area contributed by atoms with Crippen LogP contribution in [0.25, 0.3) is 0 Å². The predicted molar refractivity (Wildman–Crippen MR) is 79.6 cm³/mol. The van der Waals surface area contributed by atoms with Crippen molar-refractivity contribution in [3.8, 4) is 0 Å². The van der Waals surface area contributed by atoms with Gasteiger partial charge in [-0.25, -0.2) is 4.39 Å². The summed E-state index contributed by atoms with van der Waals surface area (Å²) in [6.07, 6.45) is 0. The first kappa shape index (κ1) is 16.9. The van der Waals surface area contributed by atoms with Gasteiger partial charge in [0.15, 0.2) is 0 Å². The van der Waals surface area contributed by atoms with Gasteiger partial charge < -0.3 is 20.1 Å². The van der Waals surface area contributed by atoms with Crippen molar-refractivity contribution in [1.29, 1.82) is 0 Å². The summed E-state index contributed by atoms with van der Waals surface area (Å²) in [7, 11) is 3.55. The molecule has 114 valence electrons. The lowest BCUT2D eigenvalue weighted by Crippen LogP contribution is -2.45. The molecule has 1 rings (SSSR count). The zero-order chi connectivity index (χ0) is 15.2. The largest absolute Gasteiger partial charge is 0.394 e. The highest BCUT2D eigenvalue weighted by molar-refractivity contribution is 5.55. The van der Waals surface area contributed by atoms with Gasteiger partial charge in [-0.2, -0.15) is 0 Å². The van der Waals surface area contributed by atoms with E-state index in [1.807, 2.05) is 25.8 Å². The van der Waals surface area contributed by atoms with E-state index in [-0.39, 0.29) is 12.4 Å². The van der Waals surface area contributed by atoms with E-state index in [1.54, 1.807) is 13.2 Å². The summed E-state index contributed by atoms with van der Waals surface area (Å²) < 4.78 is 18.4. The average molecular weight is 284 g/mol. The van der Waals surface area contributed by atoms with Gasteiger partial charge in [0.25, 0.3) is 0 Å². The number of anilines is 1. The van der Waals surface area contributed by atoms with E-state index in [0.717, 1.165) is 11.3 Å². The molecule has 0 fully saturated rings. The summed E-state index contributed by atoms with van der Waals surface area (Å²) in [6.45, 7) is 5.79. The molecular formula is C15H25FN2O2. The Morgan fingerprint density at radius 2 is 2.10 bits per heavy atom. The van der Waals surface area contributed by atoms with Crippen LogP contribution in [0.2, 0.25) is 0 Å². The number of nitrogens with one attached hydrogen (secondary N) is 1. The number of halogens is 1. The molecule has 0 saturated carbocycles. The monoisotopic (exact) mass is 284 g/mol. The molecule has 2 N–H and O–H groups in total. The summed E-state index contributed by atoms with van der Waals surface area (Å²) in [6, 6.07) is 4.72. The van der Waals surface area contributed by atoms with Crippen molar-refractivity contribution in [3.05, 3.63) is 29.6 Å². The number of ether oxygens (including phenoxy) is 1. The fraction of sp³-hybridized carbons (Fsp3) is 0.600. The summed E-state index contributed by atoms with van der Waals surface area (Å²) in [5.74, 6) is -0.257. The standard InChI is InChI=1S/C15H25FN2O2/c1-15(2,11-19)18(3)14-6-5-13(16)9-12(14)10-17-7-8-20-4/h5-6,9,17,19H,7-8,10-11H2,1-4H3. The van der Waals surface area contributed by atoms with Crippen LogP contribution in [0, 0.1) is 5.82 Å². The number of aliphatic hydroxyl groups is 1. The lowest BCUT2D eigenvalue weighted by molar-refractivity contribution is 0.199. The molecule has 0 bridgehead atoms. The Morgan fingerprint density at radius 1 is 1.40 bits per heavy atom. The van der Waals surface area contributed by atoms with E-state index < -0.39 is 5.54 Å². The van der Waals surface area contributed by atoms with Crippen molar-refractivity contribution in [3.63, 3.8) is 0 Å². The first-order valence-electron chi connectivity index (χ1n) is 6.75. The smallest absolute Gasteiger partial charge is 0.123 e. The van der Waals surface area contributed by atoms with E-state index in [9.17, 15) is 9.50 Å². The van der Waals surface area contributed by atoms with Gasteiger partial charge in [0.2, 0.25) is 0 Å². The van der Waals surface area contributed by atoms with Crippen molar-refractivity contribution < 1.29 is 14.2 Å². The molecule has 5 heteroatoms. The average Bonchev–Trinajstić information content (AvgIpc) is 2.43. The van der Waals surface area contributed by atoms with Crippen molar-refractivity contribution in [2.24, 2.45) is 0 Å². The van der Waals surface area contributed by atoms with Gasteiger partial charge in [0, 0.05) is 32.9 Å². The van der Waals surface area contributed by atoms with Crippen molar-refractivity contribution in [1.82, 2.24) is 5.32 Å². The van der Waals surface area contributed by atoms with E-state index in [1.165, 1.54) is 12.1 Å². The van der Waals surface area contributed by atoms with Crippen LogP contribution >= 0.6 is 0 Å². The lowest BCUT2D eigenvalue weighted by atomic mass is 10.0. The van der Waals surface area contributed by atoms with Crippen LogP contribution in [0.1, 0.15) is 19.4 Å². The highest BCUT2D eigenvalue weighted by Crippen LogP contribution is 2.26. The van der Waals surface area contributed by atoms with Gasteiger partial charge in [0.1, 0.15) is 5.82 Å². The molecule has 0 aliphatic carbocycles. The van der Waals surface area contributed by atoms with Crippen molar-refractivity contribution in [2.75, 3.05) is 38.8 Å². The number of aliphatic hydroxyl groups excluding tert-OH is 1. The Morgan fingerprint density at radius 3 is 2.70 bits per heavy atom. The minimum atomic E-state index is -0.404. The second kappa shape index (κ2) is 7.57. The molecule has 0 aliphatic rings. The molecule has 4 nitrogen and oxygen atoms in total. The number of methoxy groups -OCH3 is 1. The minimum Gasteiger partial charge on any atom is -0.394 e. The van der Waals surface area contributed by atoms with Crippen LogP contribution in [-0.4, -0.2) is 44.6 Å². The fourth-order valence-electron chi connectivity index (χ4n) is 1.85. The molecule has 0 radical (unpaired) electrons. The fourth-order valence-corrected chi connectivity index (χ4v) is 1.85. The molecule has 0 aromatic heterocycles. The molecule has 1 aromatic carbocycles. The quantitative estimate of drug-likeness (QED) is 0.714. The summed E-state index contributed by atoms with van der Waals surface area (Å²) >= 11 is 0. The van der Waals surface area contributed by atoms with Crippen LogP contribution in [0.5, 0.6) is 0 Å². The molecule has 0 unspecified atom stereocenters. The predicted octanol–water partition coefficient (Wildman–Crippen LogP) is 1.77. The first-order chi connectivity index (χ1) is 9.42. The Balaban J connectivity index is 2.89. The molecule has 0 amide bonds. The van der Waals surface area contributed by atoms with Crippen LogP contribution in [-0.2, 0) is 11.3 Å². The number of likely N-dealkylation sites (N-methyl/N-ethyl adjacent to an activating group) is 1. The molecule has 0 aliphatic heterocycles. The third-order valence-corrected chi connectivity index (χ3v) is 3.50. The maximum absolute atomic E-state index is 13.4. The normalized spacial score (nSPS) is 11.7. The first-order valence-corrected chi connectivity index (χ1v) is 6.75. The highest BCUT2D eigenvalue weighted by Gasteiger charge is 2.24. The Bertz CT molecular complexity index is 424. The number of hydrogen-bond acceptors (Lipinski definition) is 4.